The van der Waals surface area contributed by atoms with E-state index in [4.69, 9.17) is 15.2 Å². The molecule has 0 heterocycles. The maximum atomic E-state index is 14.2. The Morgan fingerprint density at radius 3 is 2.70 bits per heavy atom. The molecular weight excluding hydrogens is 257 g/mol. The lowest BCUT2D eigenvalue weighted by Crippen LogP contribution is -2.46. The summed E-state index contributed by atoms with van der Waals surface area (Å²) >= 11 is 0. The SMILES string of the molecule is COc1ccc(C(N)C2(OC)CCCC(C)C2)c(F)c1. The standard InChI is InChI=1S/C16H24FNO2/c1-11-5-4-8-16(10-11,20-3)15(18)13-7-6-12(19-2)9-14(13)17/h6-7,9,11,15H,4-5,8,10,18H2,1-3H3. The van der Waals surface area contributed by atoms with Gasteiger partial charge in [0.05, 0.1) is 18.8 Å². The Bertz CT molecular complexity index is 466. The Morgan fingerprint density at radius 1 is 1.40 bits per heavy atom. The first-order valence-corrected chi connectivity index (χ1v) is 7.16. The summed E-state index contributed by atoms with van der Waals surface area (Å²) in [5.41, 5.74) is 6.40. The zero-order valence-electron chi connectivity index (χ0n) is 12.5. The number of halogens is 1. The van der Waals surface area contributed by atoms with Gasteiger partial charge in [-0.15, -0.1) is 0 Å². The summed E-state index contributed by atoms with van der Waals surface area (Å²) in [6.07, 6.45) is 4.00. The number of methoxy groups -OCH3 is 2. The molecule has 1 aliphatic carbocycles. The van der Waals surface area contributed by atoms with Crippen molar-refractivity contribution in [3.8, 4) is 5.75 Å². The highest BCUT2D eigenvalue weighted by Gasteiger charge is 2.42. The van der Waals surface area contributed by atoms with Crippen molar-refractivity contribution in [2.75, 3.05) is 14.2 Å². The predicted molar refractivity (Wildman–Crippen MR) is 77.3 cm³/mol. The van der Waals surface area contributed by atoms with Gasteiger partial charge in [0, 0.05) is 18.7 Å². The molecule has 0 saturated heterocycles. The first-order valence-electron chi connectivity index (χ1n) is 7.16. The van der Waals surface area contributed by atoms with Crippen molar-refractivity contribution >= 4 is 0 Å². The summed E-state index contributed by atoms with van der Waals surface area (Å²) in [5.74, 6) is 0.726. The molecular formula is C16H24FNO2. The monoisotopic (exact) mass is 281 g/mol. The molecule has 112 valence electrons. The summed E-state index contributed by atoms with van der Waals surface area (Å²) in [4.78, 5) is 0. The van der Waals surface area contributed by atoms with Crippen LogP contribution < -0.4 is 10.5 Å². The molecule has 1 aromatic carbocycles. The van der Waals surface area contributed by atoms with Gasteiger partial charge in [0.2, 0.25) is 0 Å². The molecule has 0 aliphatic heterocycles. The highest BCUT2D eigenvalue weighted by atomic mass is 19.1. The van der Waals surface area contributed by atoms with Crippen molar-refractivity contribution in [1.82, 2.24) is 0 Å². The molecule has 1 fully saturated rings. The summed E-state index contributed by atoms with van der Waals surface area (Å²) < 4.78 is 25.0. The first-order chi connectivity index (χ1) is 9.52. The fourth-order valence-corrected chi connectivity index (χ4v) is 3.31. The number of rotatable bonds is 4. The van der Waals surface area contributed by atoms with Crippen LogP contribution in [0.5, 0.6) is 5.75 Å². The molecule has 3 unspecified atom stereocenters. The molecule has 1 aliphatic rings. The van der Waals surface area contributed by atoms with Crippen LogP contribution in [0.3, 0.4) is 0 Å². The van der Waals surface area contributed by atoms with Gasteiger partial charge in [0.15, 0.2) is 0 Å². The summed E-state index contributed by atoms with van der Waals surface area (Å²) in [6, 6.07) is 4.37. The fourth-order valence-electron chi connectivity index (χ4n) is 3.31. The number of ether oxygens (including phenoxy) is 2. The third-order valence-corrected chi connectivity index (χ3v) is 4.51. The Labute approximate surface area is 120 Å². The lowest BCUT2D eigenvalue weighted by atomic mass is 9.73. The van der Waals surface area contributed by atoms with Crippen LogP contribution in [0.15, 0.2) is 18.2 Å². The van der Waals surface area contributed by atoms with E-state index in [1.165, 1.54) is 19.6 Å². The van der Waals surface area contributed by atoms with E-state index in [1.54, 1.807) is 19.2 Å². The minimum Gasteiger partial charge on any atom is -0.497 e. The molecule has 2 N–H and O–H groups in total. The van der Waals surface area contributed by atoms with E-state index in [2.05, 4.69) is 6.92 Å². The second kappa shape index (κ2) is 6.10. The van der Waals surface area contributed by atoms with Gasteiger partial charge in [-0.3, -0.25) is 0 Å². The van der Waals surface area contributed by atoms with Crippen molar-refractivity contribution in [3.05, 3.63) is 29.6 Å². The molecule has 1 saturated carbocycles. The molecule has 3 nitrogen and oxygen atoms in total. The smallest absolute Gasteiger partial charge is 0.131 e. The summed E-state index contributed by atoms with van der Waals surface area (Å²) in [7, 11) is 3.20. The number of nitrogens with two attached hydrogens (primary N) is 1. The molecule has 4 heteroatoms. The zero-order chi connectivity index (χ0) is 14.8. The predicted octanol–water partition coefficient (Wildman–Crippen LogP) is 3.43. The summed E-state index contributed by atoms with van der Waals surface area (Å²) in [5, 5.41) is 0. The second-order valence-corrected chi connectivity index (χ2v) is 5.84. The van der Waals surface area contributed by atoms with E-state index in [-0.39, 0.29) is 5.82 Å². The Balaban J connectivity index is 2.30. The molecule has 2 rings (SSSR count). The van der Waals surface area contributed by atoms with Gasteiger partial charge in [0.25, 0.3) is 0 Å². The first kappa shape index (κ1) is 15.3. The van der Waals surface area contributed by atoms with Crippen LogP contribution in [-0.4, -0.2) is 19.8 Å². The van der Waals surface area contributed by atoms with Gasteiger partial charge in [-0.2, -0.15) is 0 Å². The van der Waals surface area contributed by atoms with E-state index in [0.717, 1.165) is 19.3 Å². The maximum Gasteiger partial charge on any atom is 0.131 e. The van der Waals surface area contributed by atoms with Gasteiger partial charge in [0.1, 0.15) is 11.6 Å². The van der Waals surface area contributed by atoms with Crippen molar-refractivity contribution in [2.45, 2.75) is 44.2 Å². The van der Waals surface area contributed by atoms with Crippen LogP contribution in [0.25, 0.3) is 0 Å². The van der Waals surface area contributed by atoms with Gasteiger partial charge in [-0.25, -0.2) is 4.39 Å². The third kappa shape index (κ3) is 2.81. The van der Waals surface area contributed by atoms with Crippen LogP contribution in [0.2, 0.25) is 0 Å². The minimum absolute atomic E-state index is 0.327. The van der Waals surface area contributed by atoms with Crippen LogP contribution >= 0.6 is 0 Å². The number of hydrogen-bond donors (Lipinski definition) is 1. The molecule has 0 amide bonds. The van der Waals surface area contributed by atoms with E-state index >= 15 is 0 Å². The molecule has 0 bridgehead atoms. The van der Waals surface area contributed by atoms with Crippen molar-refractivity contribution in [1.29, 1.82) is 0 Å². The lowest BCUT2D eigenvalue weighted by Gasteiger charge is -2.43. The normalized spacial score (nSPS) is 28.1. The largest absolute Gasteiger partial charge is 0.497 e. The van der Waals surface area contributed by atoms with Gasteiger partial charge in [-0.05, 0) is 24.8 Å². The highest BCUT2D eigenvalue weighted by molar-refractivity contribution is 5.32. The Kier molecular flexibility index (Phi) is 4.66. The van der Waals surface area contributed by atoms with Gasteiger partial charge < -0.3 is 15.2 Å². The fraction of sp³-hybridized carbons (Fsp3) is 0.625. The molecule has 0 radical (unpaired) electrons. The molecule has 20 heavy (non-hydrogen) atoms. The van der Waals surface area contributed by atoms with Crippen molar-refractivity contribution in [2.24, 2.45) is 11.7 Å². The van der Waals surface area contributed by atoms with Crippen LogP contribution in [-0.2, 0) is 4.74 Å². The highest BCUT2D eigenvalue weighted by Crippen LogP contribution is 2.42. The van der Waals surface area contributed by atoms with Crippen molar-refractivity contribution < 1.29 is 13.9 Å². The van der Waals surface area contributed by atoms with Gasteiger partial charge in [-0.1, -0.05) is 25.8 Å². The number of benzene rings is 1. The molecule has 1 aromatic rings. The summed E-state index contributed by atoms with van der Waals surface area (Å²) in [6.45, 7) is 2.20. The zero-order valence-corrected chi connectivity index (χ0v) is 12.5. The van der Waals surface area contributed by atoms with Crippen LogP contribution in [0, 0.1) is 11.7 Å². The lowest BCUT2D eigenvalue weighted by molar-refractivity contribution is -0.0724. The molecule has 3 atom stereocenters. The average molecular weight is 281 g/mol. The van der Waals surface area contributed by atoms with Crippen LogP contribution in [0.1, 0.15) is 44.2 Å². The Morgan fingerprint density at radius 2 is 2.15 bits per heavy atom. The van der Waals surface area contributed by atoms with Gasteiger partial charge >= 0.3 is 0 Å². The van der Waals surface area contributed by atoms with Crippen molar-refractivity contribution in [3.63, 3.8) is 0 Å². The topological polar surface area (TPSA) is 44.5 Å². The quantitative estimate of drug-likeness (QED) is 0.919. The maximum absolute atomic E-state index is 14.2. The second-order valence-electron chi connectivity index (χ2n) is 5.84. The van der Waals surface area contributed by atoms with Crippen LogP contribution in [0.4, 0.5) is 4.39 Å². The van der Waals surface area contributed by atoms with E-state index in [9.17, 15) is 4.39 Å². The molecule has 0 spiro atoms. The number of hydrogen-bond acceptors (Lipinski definition) is 3. The molecule has 0 aromatic heterocycles. The Hall–Kier alpha value is -1.13. The minimum atomic E-state index is -0.465. The average Bonchev–Trinajstić information content (AvgIpc) is 2.46. The third-order valence-electron chi connectivity index (χ3n) is 4.51. The van der Waals surface area contributed by atoms with E-state index in [1.807, 2.05) is 0 Å². The van der Waals surface area contributed by atoms with E-state index in [0.29, 0.717) is 17.2 Å². The van der Waals surface area contributed by atoms with E-state index < -0.39 is 11.6 Å².